The van der Waals surface area contributed by atoms with Gasteiger partial charge >= 0.3 is 0 Å². The molecule has 2 aromatic rings. The first-order valence-corrected chi connectivity index (χ1v) is 8.30. The molecule has 1 unspecified atom stereocenters. The number of aromatic nitrogens is 2. The lowest BCUT2D eigenvalue weighted by atomic mass is 10.0. The van der Waals surface area contributed by atoms with Gasteiger partial charge in [0.1, 0.15) is 18.2 Å². The summed E-state index contributed by atoms with van der Waals surface area (Å²) in [6.07, 6.45) is 1.72. The molecule has 1 heterocycles. The summed E-state index contributed by atoms with van der Waals surface area (Å²) in [5.41, 5.74) is 1.64. The molecule has 0 aliphatic heterocycles. The van der Waals surface area contributed by atoms with Gasteiger partial charge in [0.25, 0.3) is 5.56 Å². The monoisotopic (exact) mass is 338 g/mol. The Morgan fingerprint density at radius 1 is 1.32 bits per heavy atom. The van der Waals surface area contributed by atoms with Crippen LogP contribution in [-0.2, 0) is 11.3 Å². The molecule has 1 aromatic heterocycles. The van der Waals surface area contributed by atoms with Crippen molar-refractivity contribution in [1.29, 1.82) is 5.26 Å². The third kappa shape index (κ3) is 4.32. The number of nitriles is 1. The summed E-state index contributed by atoms with van der Waals surface area (Å²) < 4.78 is 1.06. The van der Waals surface area contributed by atoms with Gasteiger partial charge in [0.15, 0.2) is 0 Å². The van der Waals surface area contributed by atoms with E-state index >= 15 is 0 Å². The lowest BCUT2D eigenvalue weighted by Crippen LogP contribution is -2.37. The molecule has 25 heavy (non-hydrogen) atoms. The highest BCUT2D eigenvalue weighted by Gasteiger charge is 2.17. The minimum atomic E-state index is -0.535. The molecule has 0 spiro atoms. The number of benzene rings is 1. The molecule has 1 amide bonds. The molecule has 0 bridgehead atoms. The summed E-state index contributed by atoms with van der Waals surface area (Å²) in [6, 6.07) is 11.5. The van der Waals surface area contributed by atoms with Crippen LogP contribution in [-0.4, -0.2) is 15.7 Å². The highest BCUT2D eigenvalue weighted by atomic mass is 16.2. The Morgan fingerprint density at radius 2 is 2.00 bits per heavy atom. The zero-order valence-electron chi connectivity index (χ0n) is 14.7. The second-order valence-corrected chi connectivity index (χ2v) is 5.98. The van der Waals surface area contributed by atoms with E-state index in [0.717, 1.165) is 23.1 Å². The lowest BCUT2D eigenvalue weighted by molar-refractivity contribution is -0.122. The number of carbonyl (C=O) groups is 1. The van der Waals surface area contributed by atoms with Gasteiger partial charge in [0, 0.05) is 0 Å². The quantitative estimate of drug-likeness (QED) is 0.876. The molecule has 6 nitrogen and oxygen atoms in total. The standard InChI is InChI=1S/C19H22N4O2/c1-4-8-17(15-9-6-5-7-10-15)21-18(24)12-23-19(25)16(11-20)13(2)14(3)22-23/h5-7,9-10,17H,4,8,12H2,1-3H3,(H,21,24). The molecule has 0 aliphatic carbocycles. The Morgan fingerprint density at radius 3 is 2.60 bits per heavy atom. The summed E-state index contributed by atoms with van der Waals surface area (Å²) >= 11 is 0. The zero-order valence-corrected chi connectivity index (χ0v) is 14.7. The van der Waals surface area contributed by atoms with Crippen molar-refractivity contribution in [2.24, 2.45) is 0 Å². The molecule has 0 radical (unpaired) electrons. The second-order valence-electron chi connectivity index (χ2n) is 5.98. The van der Waals surface area contributed by atoms with E-state index in [4.69, 9.17) is 5.26 Å². The van der Waals surface area contributed by atoms with Crippen LogP contribution < -0.4 is 10.9 Å². The second kappa shape index (κ2) is 8.25. The number of rotatable bonds is 6. The smallest absolute Gasteiger partial charge is 0.285 e. The predicted molar refractivity (Wildman–Crippen MR) is 94.9 cm³/mol. The number of nitrogens with zero attached hydrogens (tertiary/aromatic N) is 3. The molecule has 0 aliphatic rings. The number of nitrogens with one attached hydrogen (secondary N) is 1. The average molecular weight is 338 g/mol. The maximum absolute atomic E-state index is 12.4. The Balaban J connectivity index is 2.21. The fraction of sp³-hybridized carbons (Fsp3) is 0.368. The summed E-state index contributed by atoms with van der Waals surface area (Å²) in [5, 5.41) is 16.3. The number of aryl methyl sites for hydroxylation is 1. The fourth-order valence-electron chi connectivity index (χ4n) is 2.68. The number of amides is 1. The third-order valence-electron chi connectivity index (χ3n) is 4.16. The molecule has 0 saturated heterocycles. The van der Waals surface area contributed by atoms with Gasteiger partial charge in [-0.1, -0.05) is 43.7 Å². The van der Waals surface area contributed by atoms with Crippen molar-refractivity contribution in [3.63, 3.8) is 0 Å². The Kier molecular flexibility index (Phi) is 6.07. The van der Waals surface area contributed by atoms with E-state index < -0.39 is 5.56 Å². The van der Waals surface area contributed by atoms with Crippen LogP contribution in [0, 0.1) is 25.2 Å². The van der Waals surface area contributed by atoms with E-state index in [-0.39, 0.29) is 24.1 Å². The van der Waals surface area contributed by atoms with Crippen LogP contribution in [0.25, 0.3) is 0 Å². The van der Waals surface area contributed by atoms with Crippen molar-refractivity contribution < 1.29 is 4.79 Å². The van der Waals surface area contributed by atoms with Gasteiger partial charge in [-0.2, -0.15) is 10.4 Å². The van der Waals surface area contributed by atoms with Crippen LogP contribution in [0.3, 0.4) is 0 Å². The fourth-order valence-corrected chi connectivity index (χ4v) is 2.68. The van der Waals surface area contributed by atoms with Gasteiger partial charge in [-0.15, -0.1) is 0 Å². The predicted octanol–water partition coefficient (Wildman–Crippen LogP) is 2.39. The van der Waals surface area contributed by atoms with E-state index in [1.165, 1.54) is 0 Å². The summed E-state index contributed by atoms with van der Waals surface area (Å²) in [5.74, 6) is -0.302. The van der Waals surface area contributed by atoms with Crippen molar-refractivity contribution in [2.75, 3.05) is 0 Å². The van der Waals surface area contributed by atoms with Gasteiger partial charge in [-0.25, -0.2) is 4.68 Å². The summed E-state index contributed by atoms with van der Waals surface area (Å²) in [6.45, 7) is 5.24. The minimum Gasteiger partial charge on any atom is -0.348 e. The van der Waals surface area contributed by atoms with Crippen LogP contribution in [0.15, 0.2) is 35.1 Å². The largest absolute Gasteiger partial charge is 0.348 e. The zero-order chi connectivity index (χ0) is 18.4. The van der Waals surface area contributed by atoms with E-state index in [2.05, 4.69) is 17.3 Å². The van der Waals surface area contributed by atoms with E-state index in [9.17, 15) is 9.59 Å². The molecule has 130 valence electrons. The molecular formula is C19H22N4O2. The molecular weight excluding hydrogens is 316 g/mol. The lowest BCUT2D eigenvalue weighted by Gasteiger charge is -2.19. The van der Waals surface area contributed by atoms with Crippen LogP contribution >= 0.6 is 0 Å². The number of hydrogen-bond donors (Lipinski definition) is 1. The molecule has 0 saturated carbocycles. The molecule has 2 rings (SSSR count). The van der Waals surface area contributed by atoms with Crippen molar-refractivity contribution in [1.82, 2.24) is 15.1 Å². The van der Waals surface area contributed by atoms with Gasteiger partial charge < -0.3 is 5.32 Å². The van der Waals surface area contributed by atoms with Crippen molar-refractivity contribution >= 4 is 5.91 Å². The Bertz CT molecular complexity index is 850. The summed E-state index contributed by atoms with van der Waals surface area (Å²) in [7, 11) is 0. The Labute approximate surface area is 147 Å². The number of carbonyl (C=O) groups excluding carboxylic acids is 1. The minimum absolute atomic E-state index is 0.0356. The highest BCUT2D eigenvalue weighted by molar-refractivity contribution is 5.76. The SMILES string of the molecule is CCCC(NC(=O)Cn1nc(C)c(C)c(C#N)c1=O)c1ccccc1. The first-order valence-electron chi connectivity index (χ1n) is 8.30. The average Bonchev–Trinajstić information content (AvgIpc) is 2.60. The van der Waals surface area contributed by atoms with Gasteiger partial charge in [0.2, 0.25) is 5.91 Å². The van der Waals surface area contributed by atoms with Crippen molar-refractivity contribution in [3.8, 4) is 6.07 Å². The first-order chi connectivity index (χ1) is 12.0. The normalized spacial score (nSPS) is 11.6. The molecule has 6 heteroatoms. The maximum atomic E-state index is 12.4. The highest BCUT2D eigenvalue weighted by Crippen LogP contribution is 2.18. The topological polar surface area (TPSA) is 87.8 Å². The van der Waals surface area contributed by atoms with Crippen LogP contribution in [0.1, 0.15) is 48.2 Å². The van der Waals surface area contributed by atoms with Gasteiger partial charge in [0.05, 0.1) is 11.7 Å². The number of hydrogen-bond acceptors (Lipinski definition) is 4. The third-order valence-corrected chi connectivity index (χ3v) is 4.16. The van der Waals surface area contributed by atoms with E-state index in [0.29, 0.717) is 11.3 Å². The van der Waals surface area contributed by atoms with Crippen molar-refractivity contribution in [2.45, 2.75) is 46.2 Å². The van der Waals surface area contributed by atoms with Gasteiger partial charge in [-0.3, -0.25) is 9.59 Å². The van der Waals surface area contributed by atoms with Gasteiger partial charge in [-0.05, 0) is 31.4 Å². The summed E-state index contributed by atoms with van der Waals surface area (Å²) in [4.78, 5) is 24.7. The Hall–Kier alpha value is -2.94. The first kappa shape index (κ1) is 18.4. The van der Waals surface area contributed by atoms with Crippen LogP contribution in [0.2, 0.25) is 0 Å². The molecule has 0 fully saturated rings. The van der Waals surface area contributed by atoms with E-state index in [1.807, 2.05) is 36.4 Å². The molecule has 1 aromatic carbocycles. The van der Waals surface area contributed by atoms with Crippen LogP contribution in [0.5, 0.6) is 0 Å². The molecule has 1 N–H and O–H groups in total. The maximum Gasteiger partial charge on any atom is 0.285 e. The van der Waals surface area contributed by atoms with Crippen LogP contribution in [0.4, 0.5) is 0 Å². The van der Waals surface area contributed by atoms with E-state index in [1.54, 1.807) is 13.8 Å². The van der Waals surface area contributed by atoms with Crippen molar-refractivity contribution in [3.05, 3.63) is 63.1 Å². The molecule has 1 atom stereocenters.